The van der Waals surface area contributed by atoms with Crippen molar-refractivity contribution < 1.29 is 9.47 Å². The van der Waals surface area contributed by atoms with Crippen LogP contribution in [0.4, 0.5) is 0 Å². The van der Waals surface area contributed by atoms with Crippen LogP contribution < -0.4 is 0 Å². The van der Waals surface area contributed by atoms with Gasteiger partial charge in [-0.05, 0) is 6.42 Å². The quantitative estimate of drug-likeness (QED) is 0.460. The van der Waals surface area contributed by atoms with Crippen molar-refractivity contribution in [3.63, 3.8) is 0 Å². The lowest BCUT2D eigenvalue weighted by Gasteiger charge is -2.26. The highest BCUT2D eigenvalue weighted by Gasteiger charge is 2.27. The fourth-order valence-corrected chi connectivity index (χ4v) is 1.33. The summed E-state index contributed by atoms with van der Waals surface area (Å²) < 4.78 is 10.5. The van der Waals surface area contributed by atoms with Crippen LogP contribution in [0.25, 0.3) is 0 Å². The van der Waals surface area contributed by atoms with E-state index >= 15 is 0 Å². The summed E-state index contributed by atoms with van der Waals surface area (Å²) in [5, 5.41) is 0. The van der Waals surface area contributed by atoms with Crippen molar-refractivity contribution in [2.45, 2.75) is 12.5 Å². The highest BCUT2D eigenvalue weighted by atomic mass is 16.5. The van der Waals surface area contributed by atoms with Crippen molar-refractivity contribution >= 4 is 0 Å². The normalized spacial score (nSPS) is 36.7. The topological polar surface area (TPSA) is 21.7 Å². The summed E-state index contributed by atoms with van der Waals surface area (Å²) in [5.74, 6) is 0. The van der Waals surface area contributed by atoms with E-state index in [1.54, 1.807) is 0 Å². The Labute approximate surface area is 54.5 Å². The van der Waals surface area contributed by atoms with Crippen molar-refractivity contribution in [3.05, 3.63) is 0 Å². The van der Waals surface area contributed by atoms with Crippen molar-refractivity contribution in [3.8, 4) is 0 Å². The van der Waals surface area contributed by atoms with E-state index in [4.69, 9.17) is 9.47 Å². The van der Waals surface area contributed by atoms with Crippen LogP contribution in [-0.4, -0.2) is 37.6 Å². The summed E-state index contributed by atoms with van der Waals surface area (Å²) in [5.41, 5.74) is 0. The SMILES string of the molecule is C1CC2COCN2CO1. The minimum absolute atomic E-state index is 0.652. The van der Waals surface area contributed by atoms with Gasteiger partial charge in [0.2, 0.25) is 0 Å². The zero-order valence-electron chi connectivity index (χ0n) is 5.38. The van der Waals surface area contributed by atoms with Crippen LogP contribution in [0.5, 0.6) is 0 Å². The lowest BCUT2D eigenvalue weighted by molar-refractivity contribution is -0.0352. The average molecular weight is 129 g/mol. The maximum atomic E-state index is 5.24. The van der Waals surface area contributed by atoms with E-state index in [9.17, 15) is 0 Å². The third-order valence-corrected chi connectivity index (χ3v) is 1.94. The van der Waals surface area contributed by atoms with Gasteiger partial charge in [-0.25, -0.2) is 0 Å². The molecule has 2 aliphatic rings. The van der Waals surface area contributed by atoms with Crippen LogP contribution in [0.2, 0.25) is 0 Å². The minimum Gasteiger partial charge on any atom is -0.366 e. The molecule has 0 bridgehead atoms. The predicted molar refractivity (Wildman–Crippen MR) is 31.9 cm³/mol. The molecule has 2 heterocycles. The molecular weight excluding hydrogens is 118 g/mol. The van der Waals surface area contributed by atoms with Crippen molar-refractivity contribution in [2.24, 2.45) is 0 Å². The highest BCUT2D eigenvalue weighted by molar-refractivity contribution is 4.74. The van der Waals surface area contributed by atoms with Gasteiger partial charge in [0.05, 0.1) is 6.61 Å². The van der Waals surface area contributed by atoms with E-state index in [1.165, 1.54) is 0 Å². The molecule has 2 aliphatic heterocycles. The molecule has 2 rings (SSSR count). The molecule has 0 radical (unpaired) electrons. The van der Waals surface area contributed by atoms with Gasteiger partial charge >= 0.3 is 0 Å². The van der Waals surface area contributed by atoms with Crippen LogP contribution in [0.15, 0.2) is 0 Å². The van der Waals surface area contributed by atoms with Crippen molar-refractivity contribution in [2.75, 3.05) is 26.7 Å². The monoisotopic (exact) mass is 129 g/mol. The second-order valence-corrected chi connectivity index (χ2v) is 2.57. The number of hydrogen-bond acceptors (Lipinski definition) is 3. The molecular formula is C6H11NO2. The smallest absolute Gasteiger partial charge is 0.101 e. The number of ether oxygens (including phenoxy) is 2. The average Bonchev–Trinajstić information content (AvgIpc) is 2.33. The Morgan fingerprint density at radius 2 is 2.11 bits per heavy atom. The molecule has 0 aromatic heterocycles. The number of rotatable bonds is 0. The van der Waals surface area contributed by atoms with Crippen molar-refractivity contribution in [1.29, 1.82) is 0 Å². The standard InChI is InChI=1S/C6H11NO2/c1-2-8-4-7-5-9-3-6(1)7/h6H,1-5H2. The molecule has 0 aromatic rings. The molecule has 1 atom stereocenters. The molecule has 3 nitrogen and oxygen atoms in total. The molecule has 0 aromatic carbocycles. The Balaban J connectivity index is 1.97. The van der Waals surface area contributed by atoms with Crippen LogP contribution in [-0.2, 0) is 9.47 Å². The maximum Gasteiger partial charge on any atom is 0.101 e. The van der Waals surface area contributed by atoms with Gasteiger partial charge in [-0.2, -0.15) is 0 Å². The highest BCUT2D eigenvalue weighted by Crippen LogP contribution is 2.16. The van der Waals surface area contributed by atoms with Gasteiger partial charge in [0.25, 0.3) is 0 Å². The lowest BCUT2D eigenvalue weighted by Crippen LogP contribution is -2.38. The number of nitrogens with zero attached hydrogens (tertiary/aromatic N) is 1. The number of hydrogen-bond donors (Lipinski definition) is 0. The summed E-state index contributed by atoms with van der Waals surface area (Å²) in [7, 11) is 0. The molecule has 0 amide bonds. The molecule has 0 aliphatic carbocycles. The van der Waals surface area contributed by atoms with Gasteiger partial charge in [-0.1, -0.05) is 0 Å². The van der Waals surface area contributed by atoms with Gasteiger partial charge in [0.15, 0.2) is 0 Å². The van der Waals surface area contributed by atoms with Crippen LogP contribution in [0, 0.1) is 0 Å². The van der Waals surface area contributed by atoms with Crippen LogP contribution >= 0.6 is 0 Å². The number of fused-ring (bicyclic) bond motifs is 1. The fourth-order valence-electron chi connectivity index (χ4n) is 1.33. The van der Waals surface area contributed by atoms with E-state index in [2.05, 4.69) is 4.90 Å². The molecule has 52 valence electrons. The van der Waals surface area contributed by atoms with Gasteiger partial charge in [-0.3, -0.25) is 4.90 Å². The molecule has 2 saturated heterocycles. The summed E-state index contributed by atoms with van der Waals surface area (Å²) in [6.07, 6.45) is 1.14. The van der Waals surface area contributed by atoms with Crippen LogP contribution in [0.3, 0.4) is 0 Å². The first kappa shape index (κ1) is 5.65. The van der Waals surface area contributed by atoms with Gasteiger partial charge < -0.3 is 9.47 Å². The third-order valence-electron chi connectivity index (χ3n) is 1.94. The fraction of sp³-hybridized carbons (Fsp3) is 1.00. The first-order valence-corrected chi connectivity index (χ1v) is 3.36. The molecule has 3 heteroatoms. The predicted octanol–water partition coefficient (Wildman–Crippen LogP) is 0.0225. The largest absolute Gasteiger partial charge is 0.366 e. The maximum absolute atomic E-state index is 5.24. The van der Waals surface area contributed by atoms with E-state index in [-0.39, 0.29) is 0 Å². The zero-order valence-corrected chi connectivity index (χ0v) is 5.38. The van der Waals surface area contributed by atoms with E-state index in [0.29, 0.717) is 6.04 Å². The van der Waals surface area contributed by atoms with E-state index < -0.39 is 0 Å². The van der Waals surface area contributed by atoms with Crippen LogP contribution in [0.1, 0.15) is 6.42 Å². The van der Waals surface area contributed by atoms with E-state index in [1.807, 2.05) is 0 Å². The molecule has 0 N–H and O–H groups in total. The molecule has 1 unspecified atom stereocenters. The Morgan fingerprint density at radius 1 is 1.22 bits per heavy atom. The first-order chi connectivity index (χ1) is 4.47. The molecule has 2 fully saturated rings. The zero-order chi connectivity index (χ0) is 6.10. The Kier molecular flexibility index (Phi) is 1.41. The summed E-state index contributed by atoms with van der Waals surface area (Å²) in [4.78, 5) is 2.23. The second-order valence-electron chi connectivity index (χ2n) is 2.57. The van der Waals surface area contributed by atoms with Gasteiger partial charge in [0.1, 0.15) is 13.5 Å². The van der Waals surface area contributed by atoms with Gasteiger partial charge in [-0.15, -0.1) is 0 Å². The van der Waals surface area contributed by atoms with Crippen molar-refractivity contribution in [1.82, 2.24) is 4.90 Å². The molecule has 0 spiro atoms. The summed E-state index contributed by atoms with van der Waals surface area (Å²) >= 11 is 0. The second kappa shape index (κ2) is 2.25. The third kappa shape index (κ3) is 0.956. The Hall–Kier alpha value is -0.120. The molecule has 0 saturated carbocycles. The lowest BCUT2D eigenvalue weighted by atomic mass is 10.2. The van der Waals surface area contributed by atoms with E-state index in [0.717, 1.165) is 33.1 Å². The summed E-state index contributed by atoms with van der Waals surface area (Å²) in [6, 6.07) is 0.652. The Bertz CT molecular complexity index is 95.2. The minimum atomic E-state index is 0.652. The first-order valence-electron chi connectivity index (χ1n) is 3.36. The Morgan fingerprint density at radius 3 is 3.00 bits per heavy atom. The van der Waals surface area contributed by atoms with Gasteiger partial charge in [0, 0.05) is 12.6 Å². The summed E-state index contributed by atoms with van der Waals surface area (Å²) in [6.45, 7) is 3.35. The molecule has 9 heavy (non-hydrogen) atoms.